The van der Waals surface area contributed by atoms with Crippen LogP contribution >= 0.6 is 0 Å². The number of fused-ring (bicyclic) bond motifs is 10. The van der Waals surface area contributed by atoms with Gasteiger partial charge in [-0.2, -0.15) is 0 Å². The Bertz CT molecular complexity index is 2820. The van der Waals surface area contributed by atoms with Gasteiger partial charge >= 0.3 is 0 Å². The lowest BCUT2D eigenvalue weighted by molar-refractivity contribution is 0.794. The number of benzene rings is 9. The minimum Gasteiger partial charge on any atom is -0.0622 e. The molecule has 55 heavy (non-hydrogen) atoms. The molecule has 0 atom stereocenters. The normalized spacial score (nSPS) is 12.9. The van der Waals surface area contributed by atoms with Crippen molar-refractivity contribution >= 4 is 0 Å². The molecule has 0 saturated carbocycles. The maximum absolute atomic E-state index is 2.53. The smallest absolute Gasteiger partial charge is 0.0622 e. The molecule has 0 heteroatoms. The van der Waals surface area contributed by atoms with E-state index >= 15 is 0 Å². The fraction of sp³-hybridized carbons (Fsp3) is 0.0182. The zero-order chi connectivity index (χ0) is 36.3. The van der Waals surface area contributed by atoms with Crippen LogP contribution in [0.3, 0.4) is 0 Å². The summed E-state index contributed by atoms with van der Waals surface area (Å²) in [4.78, 5) is 0. The molecule has 0 N–H and O–H groups in total. The van der Waals surface area contributed by atoms with Crippen LogP contribution in [0.4, 0.5) is 0 Å². The second-order valence-electron chi connectivity index (χ2n) is 14.7. The molecule has 1 spiro atoms. The molecule has 256 valence electrons. The SMILES string of the molecule is c1ccc(-c2cc(-c3ccc4c(c3)C3(c5ccccc5-c5ccccc53)c3ccccc3-4)c(-c3ccccc3)c(-c3ccccc3)c2-c2ccccc2)cc1. The first-order valence-electron chi connectivity index (χ1n) is 19.2. The van der Waals surface area contributed by atoms with E-state index in [-0.39, 0.29) is 0 Å². The van der Waals surface area contributed by atoms with Crippen molar-refractivity contribution in [3.8, 4) is 77.9 Å². The van der Waals surface area contributed by atoms with Crippen molar-refractivity contribution in [1.82, 2.24) is 0 Å². The Morgan fingerprint density at radius 1 is 0.200 bits per heavy atom. The third-order valence-electron chi connectivity index (χ3n) is 11.9. The van der Waals surface area contributed by atoms with E-state index in [9.17, 15) is 0 Å². The van der Waals surface area contributed by atoms with Crippen molar-refractivity contribution in [1.29, 1.82) is 0 Å². The molecule has 0 amide bonds. The molecule has 9 aromatic carbocycles. The highest BCUT2D eigenvalue weighted by Crippen LogP contribution is 2.63. The Balaban J connectivity index is 1.29. The fourth-order valence-electron chi connectivity index (χ4n) is 9.72. The summed E-state index contributed by atoms with van der Waals surface area (Å²) >= 11 is 0. The molecule has 2 aliphatic carbocycles. The fourth-order valence-corrected chi connectivity index (χ4v) is 9.72. The Morgan fingerprint density at radius 2 is 0.545 bits per heavy atom. The first-order valence-corrected chi connectivity index (χ1v) is 19.2. The van der Waals surface area contributed by atoms with Gasteiger partial charge in [-0.25, -0.2) is 0 Å². The Labute approximate surface area is 322 Å². The Hall–Kier alpha value is -7.02. The molecule has 0 heterocycles. The zero-order valence-electron chi connectivity index (χ0n) is 30.3. The monoisotopic (exact) mass is 696 g/mol. The topological polar surface area (TPSA) is 0 Å². The van der Waals surface area contributed by atoms with E-state index in [1.807, 2.05) is 0 Å². The van der Waals surface area contributed by atoms with Gasteiger partial charge in [0, 0.05) is 0 Å². The maximum atomic E-state index is 2.53. The lowest BCUT2D eigenvalue weighted by Gasteiger charge is -2.31. The second-order valence-corrected chi connectivity index (χ2v) is 14.7. The molecule has 0 aromatic heterocycles. The largest absolute Gasteiger partial charge is 0.0725 e. The number of rotatable bonds is 5. The minimum absolute atomic E-state index is 0.420. The van der Waals surface area contributed by atoms with Gasteiger partial charge in [-0.1, -0.05) is 206 Å². The standard InChI is InChI=1S/C55H36/c1-5-19-37(20-6-1)46-36-47(53(39-23-9-3-10-24-39)54(40-25-11-4-12-26-40)52(46)38-21-7-2-8-22-38)41-33-34-45-44-29-15-18-32-50(44)55(51(45)35-41)48-30-16-13-27-42(48)43-28-14-17-31-49(43)55/h1-36H. The maximum Gasteiger partial charge on any atom is 0.0725 e. The molecule has 9 aromatic rings. The van der Waals surface area contributed by atoms with Crippen LogP contribution in [0.5, 0.6) is 0 Å². The van der Waals surface area contributed by atoms with Crippen LogP contribution in [0.15, 0.2) is 218 Å². The third kappa shape index (κ3) is 4.65. The predicted molar refractivity (Wildman–Crippen MR) is 230 cm³/mol. The molecule has 2 aliphatic rings. The molecule has 0 fully saturated rings. The average molecular weight is 697 g/mol. The van der Waals surface area contributed by atoms with Crippen LogP contribution in [-0.4, -0.2) is 0 Å². The van der Waals surface area contributed by atoms with E-state index < -0.39 is 5.41 Å². The van der Waals surface area contributed by atoms with Gasteiger partial charge in [0.25, 0.3) is 0 Å². The summed E-state index contributed by atoms with van der Waals surface area (Å²) in [5, 5.41) is 0. The summed E-state index contributed by atoms with van der Waals surface area (Å²) in [5.41, 5.74) is 22.4. The van der Waals surface area contributed by atoms with Gasteiger partial charge in [0.1, 0.15) is 0 Å². The highest BCUT2D eigenvalue weighted by atomic mass is 14.5. The van der Waals surface area contributed by atoms with Crippen LogP contribution in [0, 0.1) is 0 Å². The highest BCUT2D eigenvalue weighted by molar-refractivity contribution is 6.08. The molecule has 0 bridgehead atoms. The molecular formula is C55H36. The summed E-state index contributed by atoms with van der Waals surface area (Å²) in [5.74, 6) is 0. The minimum atomic E-state index is -0.420. The van der Waals surface area contributed by atoms with Crippen molar-refractivity contribution in [2.45, 2.75) is 5.41 Å². The molecule has 0 radical (unpaired) electrons. The van der Waals surface area contributed by atoms with E-state index in [1.165, 1.54) is 100 Å². The summed E-state index contributed by atoms with van der Waals surface area (Å²) in [6, 6.07) is 80.8. The van der Waals surface area contributed by atoms with Crippen molar-refractivity contribution in [2.75, 3.05) is 0 Å². The first-order chi connectivity index (χ1) is 27.3. The molecule has 11 rings (SSSR count). The molecule has 0 saturated heterocycles. The summed E-state index contributed by atoms with van der Waals surface area (Å²) in [6.45, 7) is 0. The summed E-state index contributed by atoms with van der Waals surface area (Å²) in [7, 11) is 0. The number of hydrogen-bond acceptors (Lipinski definition) is 0. The first kappa shape index (κ1) is 31.5. The van der Waals surface area contributed by atoms with Crippen molar-refractivity contribution < 1.29 is 0 Å². The molecule has 0 nitrogen and oxygen atoms in total. The van der Waals surface area contributed by atoms with E-state index in [0.29, 0.717) is 0 Å². The Kier molecular flexibility index (Phi) is 7.19. The summed E-state index contributed by atoms with van der Waals surface area (Å²) in [6.07, 6.45) is 0. The van der Waals surface area contributed by atoms with Gasteiger partial charge in [-0.3, -0.25) is 0 Å². The van der Waals surface area contributed by atoms with Crippen LogP contribution in [0.2, 0.25) is 0 Å². The second kappa shape index (κ2) is 12.5. The predicted octanol–water partition coefficient (Wildman–Crippen LogP) is 14.4. The van der Waals surface area contributed by atoms with Gasteiger partial charge in [0.2, 0.25) is 0 Å². The Morgan fingerprint density at radius 3 is 1.00 bits per heavy atom. The highest BCUT2D eigenvalue weighted by Gasteiger charge is 2.51. The van der Waals surface area contributed by atoms with Crippen LogP contribution in [-0.2, 0) is 5.41 Å². The van der Waals surface area contributed by atoms with E-state index in [2.05, 4.69) is 218 Å². The van der Waals surface area contributed by atoms with Crippen molar-refractivity contribution in [3.05, 3.63) is 241 Å². The van der Waals surface area contributed by atoms with E-state index in [0.717, 1.165) is 0 Å². The molecule has 0 unspecified atom stereocenters. The van der Waals surface area contributed by atoms with Gasteiger partial charge in [-0.15, -0.1) is 0 Å². The lowest BCUT2D eigenvalue weighted by atomic mass is 9.70. The zero-order valence-corrected chi connectivity index (χ0v) is 30.3. The molecular weight excluding hydrogens is 661 g/mol. The average Bonchev–Trinajstić information content (AvgIpc) is 3.74. The van der Waals surface area contributed by atoms with Gasteiger partial charge in [0.05, 0.1) is 5.41 Å². The van der Waals surface area contributed by atoms with Crippen molar-refractivity contribution in [2.24, 2.45) is 0 Å². The third-order valence-corrected chi connectivity index (χ3v) is 11.9. The van der Waals surface area contributed by atoms with Crippen LogP contribution in [0.25, 0.3) is 77.9 Å². The molecule has 0 aliphatic heterocycles. The van der Waals surface area contributed by atoms with Crippen LogP contribution in [0.1, 0.15) is 22.3 Å². The van der Waals surface area contributed by atoms with Gasteiger partial charge in [-0.05, 0) is 112 Å². The quantitative estimate of drug-likeness (QED) is 0.168. The summed E-state index contributed by atoms with van der Waals surface area (Å²) < 4.78 is 0. The van der Waals surface area contributed by atoms with E-state index in [4.69, 9.17) is 0 Å². The van der Waals surface area contributed by atoms with Crippen LogP contribution < -0.4 is 0 Å². The van der Waals surface area contributed by atoms with Gasteiger partial charge < -0.3 is 0 Å². The number of hydrogen-bond donors (Lipinski definition) is 0. The van der Waals surface area contributed by atoms with Gasteiger partial charge in [0.15, 0.2) is 0 Å². The van der Waals surface area contributed by atoms with E-state index in [1.54, 1.807) is 0 Å². The lowest BCUT2D eigenvalue weighted by Crippen LogP contribution is -2.25. The van der Waals surface area contributed by atoms with Crippen molar-refractivity contribution in [3.63, 3.8) is 0 Å².